The van der Waals surface area contributed by atoms with Gasteiger partial charge in [0.25, 0.3) is 5.56 Å². The van der Waals surface area contributed by atoms with E-state index in [0.29, 0.717) is 10.9 Å². The number of ether oxygens (including phenoxy) is 1. The van der Waals surface area contributed by atoms with Crippen LogP contribution in [0.4, 0.5) is 5.69 Å². The van der Waals surface area contributed by atoms with Gasteiger partial charge >= 0.3 is 5.69 Å². The van der Waals surface area contributed by atoms with Crippen molar-refractivity contribution in [3.8, 4) is 0 Å². The number of nitrogens with one attached hydrogen (secondary N) is 1. The summed E-state index contributed by atoms with van der Waals surface area (Å²) in [5.74, 6) is 0. The monoisotopic (exact) mass is 321 g/mol. The van der Waals surface area contributed by atoms with E-state index in [4.69, 9.17) is 4.74 Å². The number of aromatic amines is 1. The first-order valence-electron chi connectivity index (χ1n) is 7.32. The van der Waals surface area contributed by atoms with Crippen molar-refractivity contribution in [2.75, 3.05) is 25.6 Å². The maximum absolute atomic E-state index is 12.2. The first-order valence-corrected chi connectivity index (χ1v) is 7.32. The molecule has 0 aliphatic carbocycles. The summed E-state index contributed by atoms with van der Waals surface area (Å²) >= 11 is 0. The lowest BCUT2D eigenvalue weighted by Gasteiger charge is -2.18. The molecule has 124 valence electrons. The number of aromatic nitrogens is 2. The molecule has 0 saturated carbocycles. The van der Waals surface area contributed by atoms with E-state index in [1.54, 1.807) is 18.2 Å². The van der Waals surface area contributed by atoms with Gasteiger partial charge in [-0.2, -0.15) is 0 Å². The van der Waals surface area contributed by atoms with Crippen LogP contribution in [0.15, 0.2) is 27.8 Å². The Labute approximate surface area is 131 Å². The summed E-state index contributed by atoms with van der Waals surface area (Å²) < 4.78 is 6.86. The van der Waals surface area contributed by atoms with Gasteiger partial charge in [0.05, 0.1) is 23.6 Å². The van der Waals surface area contributed by atoms with Gasteiger partial charge in [-0.05, 0) is 18.2 Å². The normalized spacial score (nSPS) is 24.3. The third-order valence-corrected chi connectivity index (χ3v) is 4.11. The molecule has 0 unspecified atom stereocenters. The van der Waals surface area contributed by atoms with Crippen LogP contribution in [0.25, 0.3) is 10.9 Å². The van der Waals surface area contributed by atoms with Crippen LogP contribution < -0.4 is 16.1 Å². The third-order valence-electron chi connectivity index (χ3n) is 4.11. The van der Waals surface area contributed by atoms with Gasteiger partial charge in [0.2, 0.25) is 0 Å². The van der Waals surface area contributed by atoms with Crippen molar-refractivity contribution < 1.29 is 14.9 Å². The number of hydrogen-bond donors (Lipinski definition) is 3. The van der Waals surface area contributed by atoms with Gasteiger partial charge in [0, 0.05) is 26.2 Å². The molecule has 0 spiro atoms. The SMILES string of the molecule is CN(C)c1ccc2c(c1)c(=O)[nH]c(=O)n2[C@H]1C[C@H](O)[C@@H](CO)O1. The third kappa shape index (κ3) is 2.65. The molecule has 0 amide bonds. The zero-order valence-corrected chi connectivity index (χ0v) is 12.9. The van der Waals surface area contributed by atoms with Crippen molar-refractivity contribution in [1.29, 1.82) is 0 Å². The van der Waals surface area contributed by atoms with Crippen LogP contribution in [0.2, 0.25) is 0 Å². The Hall–Kier alpha value is -2.16. The molecule has 8 nitrogen and oxygen atoms in total. The fraction of sp³-hybridized carbons (Fsp3) is 0.467. The van der Waals surface area contributed by atoms with Crippen molar-refractivity contribution in [2.24, 2.45) is 0 Å². The van der Waals surface area contributed by atoms with Crippen LogP contribution in [0.3, 0.4) is 0 Å². The zero-order valence-electron chi connectivity index (χ0n) is 12.9. The molecule has 1 fully saturated rings. The molecule has 1 aliphatic heterocycles. The smallest absolute Gasteiger partial charge is 0.330 e. The number of H-pyrrole nitrogens is 1. The van der Waals surface area contributed by atoms with Crippen LogP contribution in [0, 0.1) is 0 Å². The number of fused-ring (bicyclic) bond motifs is 1. The molecular weight excluding hydrogens is 302 g/mol. The zero-order chi connectivity index (χ0) is 16.7. The summed E-state index contributed by atoms with van der Waals surface area (Å²) in [5.41, 5.74) is 0.187. The number of aliphatic hydroxyl groups excluding tert-OH is 2. The van der Waals surface area contributed by atoms with E-state index >= 15 is 0 Å². The average molecular weight is 321 g/mol. The van der Waals surface area contributed by atoms with Crippen LogP contribution in [-0.4, -0.2) is 52.7 Å². The van der Waals surface area contributed by atoms with Crippen molar-refractivity contribution in [1.82, 2.24) is 9.55 Å². The molecule has 2 heterocycles. The van der Waals surface area contributed by atoms with E-state index in [2.05, 4.69) is 4.98 Å². The Morgan fingerprint density at radius 2 is 2.13 bits per heavy atom. The summed E-state index contributed by atoms with van der Waals surface area (Å²) in [7, 11) is 3.71. The highest BCUT2D eigenvalue weighted by Crippen LogP contribution is 2.29. The summed E-state index contributed by atoms with van der Waals surface area (Å²) in [5, 5.41) is 19.4. The molecule has 3 N–H and O–H groups in total. The lowest BCUT2D eigenvalue weighted by atomic mass is 10.1. The molecule has 0 radical (unpaired) electrons. The first kappa shape index (κ1) is 15.7. The molecule has 3 atom stereocenters. The molecule has 23 heavy (non-hydrogen) atoms. The van der Waals surface area contributed by atoms with Gasteiger partial charge in [0.1, 0.15) is 12.3 Å². The van der Waals surface area contributed by atoms with Gasteiger partial charge in [-0.3, -0.25) is 14.3 Å². The van der Waals surface area contributed by atoms with Gasteiger partial charge in [-0.25, -0.2) is 4.79 Å². The van der Waals surface area contributed by atoms with Gasteiger partial charge < -0.3 is 19.8 Å². The molecule has 2 aromatic rings. The molecule has 1 aromatic carbocycles. The highest BCUT2D eigenvalue weighted by molar-refractivity contribution is 5.82. The Morgan fingerprint density at radius 1 is 1.39 bits per heavy atom. The van der Waals surface area contributed by atoms with E-state index in [9.17, 15) is 19.8 Å². The maximum Gasteiger partial charge on any atom is 0.330 e. The van der Waals surface area contributed by atoms with Crippen molar-refractivity contribution in [3.63, 3.8) is 0 Å². The lowest BCUT2D eigenvalue weighted by Crippen LogP contribution is -2.33. The Balaban J connectivity index is 2.18. The summed E-state index contributed by atoms with van der Waals surface area (Å²) in [4.78, 5) is 28.5. The van der Waals surface area contributed by atoms with Crippen LogP contribution >= 0.6 is 0 Å². The van der Waals surface area contributed by atoms with E-state index in [1.165, 1.54) is 4.57 Å². The highest BCUT2D eigenvalue weighted by Gasteiger charge is 2.35. The van der Waals surface area contributed by atoms with E-state index in [-0.39, 0.29) is 13.0 Å². The minimum absolute atomic E-state index is 0.168. The second-order valence-corrected chi connectivity index (χ2v) is 5.84. The summed E-state index contributed by atoms with van der Waals surface area (Å²) in [6.45, 7) is -0.335. The second kappa shape index (κ2) is 5.80. The van der Waals surface area contributed by atoms with E-state index in [0.717, 1.165) is 5.69 Å². The van der Waals surface area contributed by atoms with Crippen molar-refractivity contribution >= 4 is 16.6 Å². The number of rotatable bonds is 3. The topological polar surface area (TPSA) is 108 Å². The molecule has 0 bridgehead atoms. The number of aliphatic hydroxyl groups is 2. The summed E-state index contributed by atoms with van der Waals surface area (Å²) in [6.07, 6.45) is -2.17. The van der Waals surface area contributed by atoms with Gasteiger partial charge in [0.15, 0.2) is 0 Å². The Kier molecular flexibility index (Phi) is 3.97. The minimum Gasteiger partial charge on any atom is -0.394 e. The van der Waals surface area contributed by atoms with Crippen LogP contribution in [0.5, 0.6) is 0 Å². The average Bonchev–Trinajstić information content (AvgIpc) is 2.87. The lowest BCUT2D eigenvalue weighted by molar-refractivity contribution is -0.0443. The van der Waals surface area contributed by atoms with Gasteiger partial charge in [-0.1, -0.05) is 0 Å². The van der Waals surface area contributed by atoms with Crippen molar-refractivity contribution in [3.05, 3.63) is 39.0 Å². The Bertz CT molecular complexity index is 841. The number of hydrogen-bond acceptors (Lipinski definition) is 6. The second-order valence-electron chi connectivity index (χ2n) is 5.84. The molecule has 3 rings (SSSR count). The molecule has 1 saturated heterocycles. The predicted molar refractivity (Wildman–Crippen MR) is 84.8 cm³/mol. The number of nitrogens with zero attached hydrogens (tertiary/aromatic N) is 2. The predicted octanol–water partition coefficient (Wildman–Crippen LogP) is -0.603. The fourth-order valence-electron chi connectivity index (χ4n) is 2.85. The minimum atomic E-state index is -0.861. The van der Waals surface area contributed by atoms with Gasteiger partial charge in [-0.15, -0.1) is 0 Å². The van der Waals surface area contributed by atoms with E-state index in [1.807, 2.05) is 19.0 Å². The molecule has 8 heteroatoms. The number of anilines is 1. The Morgan fingerprint density at radius 3 is 2.74 bits per heavy atom. The summed E-state index contributed by atoms with van der Waals surface area (Å²) in [6, 6.07) is 5.18. The fourth-order valence-corrected chi connectivity index (χ4v) is 2.85. The molecule has 1 aromatic heterocycles. The largest absolute Gasteiger partial charge is 0.394 e. The standard InChI is InChI=1S/C15H19N3O5/c1-17(2)8-3-4-10-9(5-8)14(21)16-15(22)18(10)13-6-11(20)12(7-19)23-13/h3-5,11-13,19-20H,6-7H2,1-2H3,(H,16,21,22)/t11-,12+,13+/m0/s1. The van der Waals surface area contributed by atoms with Crippen LogP contribution in [-0.2, 0) is 4.74 Å². The number of benzene rings is 1. The molecular formula is C15H19N3O5. The molecule has 1 aliphatic rings. The van der Waals surface area contributed by atoms with E-state index < -0.39 is 29.7 Å². The maximum atomic E-state index is 12.2. The quantitative estimate of drug-likeness (QED) is 0.696. The highest BCUT2D eigenvalue weighted by atomic mass is 16.5. The first-order chi connectivity index (χ1) is 10.9. The van der Waals surface area contributed by atoms with Crippen molar-refractivity contribution in [2.45, 2.75) is 24.9 Å². The van der Waals surface area contributed by atoms with Crippen LogP contribution in [0.1, 0.15) is 12.6 Å².